The van der Waals surface area contributed by atoms with Crippen molar-refractivity contribution in [1.82, 2.24) is 5.32 Å². The lowest BCUT2D eigenvalue weighted by molar-refractivity contribution is -0.120. The smallest absolute Gasteiger partial charge is 0.241 e. The minimum atomic E-state index is -3.88. The van der Waals surface area contributed by atoms with Gasteiger partial charge >= 0.3 is 0 Å². The topological polar surface area (TPSA) is 66.5 Å². The van der Waals surface area contributed by atoms with E-state index in [1.54, 1.807) is 6.92 Å². The summed E-state index contributed by atoms with van der Waals surface area (Å²) in [6.45, 7) is 7.54. The van der Waals surface area contributed by atoms with Gasteiger partial charge in [-0.25, -0.2) is 17.2 Å². The SMILES string of the molecule is C[C@@H](NC(=O)CN(c1ccc(F)c(F)c1)S(C)(=O)=O)c1ccc(C(C)(C)C)cc1. The van der Waals surface area contributed by atoms with Crippen molar-refractivity contribution in [2.45, 2.75) is 39.2 Å². The van der Waals surface area contributed by atoms with Crippen LogP contribution >= 0.6 is 0 Å². The fraction of sp³-hybridized carbons (Fsp3) is 0.381. The number of nitrogens with zero attached hydrogens (tertiary/aromatic N) is 1. The first-order valence-electron chi connectivity index (χ1n) is 9.11. The standard InChI is InChI=1S/C21H26F2N2O3S/c1-14(15-6-8-16(9-7-15)21(2,3)4)24-20(26)13-25(29(5,27)28)17-10-11-18(22)19(23)12-17/h6-12,14H,13H2,1-5H3,(H,24,26)/t14-/m1/s1. The molecule has 5 nitrogen and oxygen atoms in total. The van der Waals surface area contributed by atoms with Crippen LogP contribution < -0.4 is 9.62 Å². The molecule has 0 heterocycles. The molecule has 0 saturated heterocycles. The second kappa shape index (κ2) is 8.49. The van der Waals surface area contributed by atoms with E-state index >= 15 is 0 Å². The summed E-state index contributed by atoms with van der Waals surface area (Å²) in [5.41, 5.74) is 1.90. The number of halogens is 2. The lowest BCUT2D eigenvalue weighted by Crippen LogP contribution is -2.41. The number of anilines is 1. The van der Waals surface area contributed by atoms with E-state index in [4.69, 9.17) is 0 Å². The third-order valence-electron chi connectivity index (χ3n) is 4.53. The first-order valence-corrected chi connectivity index (χ1v) is 11.0. The fourth-order valence-electron chi connectivity index (χ4n) is 2.81. The monoisotopic (exact) mass is 424 g/mol. The molecular formula is C21H26F2N2O3S. The zero-order valence-corrected chi connectivity index (χ0v) is 18.0. The number of carbonyl (C=O) groups is 1. The predicted molar refractivity (Wildman–Crippen MR) is 110 cm³/mol. The number of carbonyl (C=O) groups excluding carboxylic acids is 1. The van der Waals surface area contributed by atoms with Gasteiger partial charge < -0.3 is 5.32 Å². The number of rotatable bonds is 6. The predicted octanol–water partition coefficient (Wildman–Crippen LogP) is 3.91. The number of hydrogen-bond acceptors (Lipinski definition) is 3. The molecule has 0 fully saturated rings. The minimum Gasteiger partial charge on any atom is -0.348 e. The van der Waals surface area contributed by atoms with E-state index in [0.29, 0.717) is 0 Å². The molecule has 1 amide bonds. The van der Waals surface area contributed by atoms with Crippen LogP contribution in [0.2, 0.25) is 0 Å². The van der Waals surface area contributed by atoms with Crippen molar-refractivity contribution in [1.29, 1.82) is 0 Å². The number of nitrogens with one attached hydrogen (secondary N) is 1. The van der Waals surface area contributed by atoms with Crippen LogP contribution in [0.15, 0.2) is 42.5 Å². The Balaban J connectivity index is 2.14. The summed E-state index contributed by atoms with van der Waals surface area (Å²) >= 11 is 0. The average Bonchev–Trinajstić information content (AvgIpc) is 2.60. The van der Waals surface area contributed by atoms with Crippen LogP contribution in [0.4, 0.5) is 14.5 Å². The van der Waals surface area contributed by atoms with Crippen molar-refractivity contribution < 1.29 is 22.0 Å². The molecule has 0 aliphatic rings. The Kier molecular flexibility index (Phi) is 6.67. The lowest BCUT2D eigenvalue weighted by Gasteiger charge is -2.24. The molecule has 0 bridgehead atoms. The van der Waals surface area contributed by atoms with Crippen LogP contribution in [-0.2, 0) is 20.2 Å². The summed E-state index contributed by atoms with van der Waals surface area (Å²) in [4.78, 5) is 12.5. The maximum atomic E-state index is 13.5. The van der Waals surface area contributed by atoms with Crippen LogP contribution in [0, 0.1) is 11.6 Å². The Morgan fingerprint density at radius 1 is 1.07 bits per heavy atom. The molecule has 0 radical (unpaired) electrons. The van der Waals surface area contributed by atoms with Gasteiger partial charge in [-0.05, 0) is 35.6 Å². The van der Waals surface area contributed by atoms with Crippen LogP contribution in [-0.4, -0.2) is 27.1 Å². The first kappa shape index (κ1) is 22.8. The van der Waals surface area contributed by atoms with Crippen molar-refractivity contribution in [3.05, 3.63) is 65.2 Å². The van der Waals surface area contributed by atoms with Crippen LogP contribution in [0.1, 0.15) is 44.9 Å². The summed E-state index contributed by atoms with van der Waals surface area (Å²) in [5, 5.41) is 2.74. The highest BCUT2D eigenvalue weighted by Crippen LogP contribution is 2.24. The van der Waals surface area contributed by atoms with E-state index < -0.39 is 34.1 Å². The molecule has 2 aromatic carbocycles. The van der Waals surface area contributed by atoms with E-state index in [2.05, 4.69) is 26.1 Å². The van der Waals surface area contributed by atoms with Crippen molar-refractivity contribution in [2.75, 3.05) is 17.1 Å². The molecule has 0 aliphatic heterocycles. The molecule has 29 heavy (non-hydrogen) atoms. The molecule has 158 valence electrons. The number of sulfonamides is 1. The summed E-state index contributed by atoms with van der Waals surface area (Å²) in [6, 6.07) is 10.1. The normalized spacial score (nSPS) is 13.1. The molecule has 2 rings (SSSR count). The number of amides is 1. The van der Waals surface area contributed by atoms with E-state index in [0.717, 1.165) is 39.9 Å². The van der Waals surface area contributed by atoms with Gasteiger partial charge in [0, 0.05) is 6.07 Å². The Morgan fingerprint density at radius 2 is 1.66 bits per heavy atom. The van der Waals surface area contributed by atoms with Crippen molar-refractivity contribution in [3.63, 3.8) is 0 Å². The van der Waals surface area contributed by atoms with Gasteiger partial charge in [0.1, 0.15) is 6.54 Å². The molecule has 0 aromatic heterocycles. The van der Waals surface area contributed by atoms with E-state index in [9.17, 15) is 22.0 Å². The molecule has 1 atom stereocenters. The first-order chi connectivity index (χ1) is 13.3. The summed E-state index contributed by atoms with van der Waals surface area (Å²) < 4.78 is 51.6. The van der Waals surface area contributed by atoms with Gasteiger partial charge in [-0.3, -0.25) is 9.10 Å². The third-order valence-corrected chi connectivity index (χ3v) is 5.67. The maximum Gasteiger partial charge on any atom is 0.241 e. The Bertz CT molecular complexity index is 984. The summed E-state index contributed by atoms with van der Waals surface area (Å²) in [6.07, 6.45) is 0.899. The summed E-state index contributed by atoms with van der Waals surface area (Å²) in [5.74, 6) is -2.85. The zero-order chi connectivity index (χ0) is 22.0. The molecule has 8 heteroatoms. The van der Waals surface area contributed by atoms with Crippen LogP contribution in [0.3, 0.4) is 0 Å². The molecule has 0 unspecified atom stereocenters. The molecule has 0 saturated carbocycles. The third kappa shape index (κ3) is 6.00. The Hall–Kier alpha value is -2.48. The largest absolute Gasteiger partial charge is 0.348 e. The van der Waals surface area contributed by atoms with Gasteiger partial charge in [-0.15, -0.1) is 0 Å². The van der Waals surface area contributed by atoms with Crippen molar-refractivity contribution >= 4 is 21.6 Å². The van der Waals surface area contributed by atoms with Crippen LogP contribution in [0.25, 0.3) is 0 Å². The van der Waals surface area contributed by atoms with Crippen LogP contribution in [0.5, 0.6) is 0 Å². The highest BCUT2D eigenvalue weighted by atomic mass is 32.2. The maximum absolute atomic E-state index is 13.5. The Labute approximate surface area is 170 Å². The average molecular weight is 425 g/mol. The second-order valence-corrected chi connectivity index (χ2v) is 9.94. The number of hydrogen-bond donors (Lipinski definition) is 1. The van der Waals surface area contributed by atoms with Gasteiger partial charge in [0.25, 0.3) is 0 Å². The van der Waals surface area contributed by atoms with E-state index in [1.807, 2.05) is 24.3 Å². The summed E-state index contributed by atoms with van der Waals surface area (Å²) in [7, 11) is -3.88. The highest BCUT2D eigenvalue weighted by Gasteiger charge is 2.23. The minimum absolute atomic E-state index is 0.00539. The zero-order valence-electron chi connectivity index (χ0n) is 17.2. The van der Waals surface area contributed by atoms with Gasteiger partial charge in [-0.1, -0.05) is 45.0 Å². The van der Waals surface area contributed by atoms with E-state index in [1.165, 1.54) is 0 Å². The highest BCUT2D eigenvalue weighted by molar-refractivity contribution is 7.92. The number of benzene rings is 2. The fourth-order valence-corrected chi connectivity index (χ4v) is 3.66. The van der Waals surface area contributed by atoms with Crippen molar-refractivity contribution in [2.24, 2.45) is 0 Å². The van der Waals surface area contributed by atoms with E-state index in [-0.39, 0.29) is 17.1 Å². The Morgan fingerprint density at radius 3 is 2.14 bits per heavy atom. The lowest BCUT2D eigenvalue weighted by atomic mass is 9.86. The van der Waals surface area contributed by atoms with Gasteiger partial charge in [0.05, 0.1) is 18.0 Å². The second-order valence-electron chi connectivity index (χ2n) is 8.03. The molecular weight excluding hydrogens is 398 g/mol. The molecule has 0 aliphatic carbocycles. The van der Waals surface area contributed by atoms with Gasteiger partial charge in [-0.2, -0.15) is 0 Å². The molecule has 2 aromatic rings. The quantitative estimate of drug-likeness (QED) is 0.765. The van der Waals surface area contributed by atoms with Crippen molar-refractivity contribution in [3.8, 4) is 0 Å². The molecule has 0 spiro atoms. The van der Waals surface area contributed by atoms with Gasteiger partial charge in [0.2, 0.25) is 15.9 Å². The van der Waals surface area contributed by atoms with Gasteiger partial charge in [0.15, 0.2) is 11.6 Å². The molecule has 1 N–H and O–H groups in total.